The predicted molar refractivity (Wildman–Crippen MR) is 47.6 cm³/mol. The van der Waals surface area contributed by atoms with E-state index in [-0.39, 0.29) is 0 Å². The van der Waals surface area contributed by atoms with Crippen molar-refractivity contribution >= 4 is 5.84 Å². The van der Waals surface area contributed by atoms with E-state index >= 15 is 0 Å². The minimum atomic E-state index is 0.848. The van der Waals surface area contributed by atoms with Crippen molar-refractivity contribution < 1.29 is 0 Å². The van der Waals surface area contributed by atoms with Crippen LogP contribution in [0, 0.1) is 0 Å². The molecule has 11 heavy (non-hydrogen) atoms. The standard InChI is InChI=1S/C9H13N2/c1-2-3-7-10-9-6-4-5-8-11-9/h4-6,8H,2-3,7H2,1H3/b10-9-. The second-order valence-electron chi connectivity index (χ2n) is 2.42. The number of amidine groups is 1. The molecule has 2 nitrogen and oxygen atoms in total. The summed E-state index contributed by atoms with van der Waals surface area (Å²) in [5.41, 5.74) is 0. The van der Waals surface area contributed by atoms with Crippen molar-refractivity contribution in [2.45, 2.75) is 19.8 Å². The Morgan fingerprint density at radius 2 is 2.36 bits per heavy atom. The van der Waals surface area contributed by atoms with Gasteiger partial charge in [-0.25, -0.2) is 5.32 Å². The van der Waals surface area contributed by atoms with Gasteiger partial charge in [-0.1, -0.05) is 19.4 Å². The molecular formula is C9H13N2. The van der Waals surface area contributed by atoms with Crippen molar-refractivity contribution in [1.82, 2.24) is 5.32 Å². The second-order valence-corrected chi connectivity index (χ2v) is 2.42. The summed E-state index contributed by atoms with van der Waals surface area (Å²) in [5, 5.41) is 4.08. The minimum absolute atomic E-state index is 0.848. The number of hydrogen-bond donors (Lipinski definition) is 0. The van der Waals surface area contributed by atoms with Gasteiger partial charge in [0.2, 0.25) is 0 Å². The molecule has 1 rings (SSSR count). The van der Waals surface area contributed by atoms with Crippen molar-refractivity contribution in [2.24, 2.45) is 4.99 Å². The molecule has 0 spiro atoms. The summed E-state index contributed by atoms with van der Waals surface area (Å²) in [6.07, 6.45) is 9.89. The largest absolute Gasteiger partial charge is 0.267 e. The number of unbranched alkanes of at least 4 members (excludes halogenated alkanes) is 1. The molecule has 1 aliphatic heterocycles. The summed E-state index contributed by atoms with van der Waals surface area (Å²) in [6, 6.07) is 0. The zero-order chi connectivity index (χ0) is 7.94. The normalized spacial score (nSPS) is 18.8. The van der Waals surface area contributed by atoms with E-state index in [9.17, 15) is 0 Å². The third kappa shape index (κ3) is 3.03. The van der Waals surface area contributed by atoms with Gasteiger partial charge in [-0.05, 0) is 18.6 Å². The van der Waals surface area contributed by atoms with Crippen molar-refractivity contribution in [1.29, 1.82) is 0 Å². The van der Waals surface area contributed by atoms with Crippen LogP contribution in [0.25, 0.3) is 0 Å². The van der Waals surface area contributed by atoms with Gasteiger partial charge in [-0.15, -0.1) is 0 Å². The molecule has 0 unspecified atom stereocenters. The average Bonchev–Trinajstić information content (AvgIpc) is 2.07. The van der Waals surface area contributed by atoms with Crippen LogP contribution in [0.4, 0.5) is 0 Å². The Morgan fingerprint density at radius 3 is 3.00 bits per heavy atom. The molecule has 0 aliphatic carbocycles. The third-order valence-electron chi connectivity index (χ3n) is 1.43. The van der Waals surface area contributed by atoms with Gasteiger partial charge < -0.3 is 0 Å². The zero-order valence-corrected chi connectivity index (χ0v) is 6.83. The van der Waals surface area contributed by atoms with Gasteiger partial charge in [0.1, 0.15) is 5.84 Å². The molecule has 0 saturated carbocycles. The van der Waals surface area contributed by atoms with Crippen LogP contribution in [0.2, 0.25) is 0 Å². The Labute approximate surface area is 67.7 Å². The SMILES string of the molecule is CCCC/N=C1/C=CC=C[N]1. The molecule has 0 aromatic rings. The van der Waals surface area contributed by atoms with Crippen LogP contribution in [-0.2, 0) is 0 Å². The van der Waals surface area contributed by atoms with E-state index in [1.165, 1.54) is 6.42 Å². The smallest absolute Gasteiger partial charge is 0.147 e. The molecule has 1 aliphatic rings. The first-order chi connectivity index (χ1) is 5.43. The summed E-state index contributed by atoms with van der Waals surface area (Å²) >= 11 is 0. The maximum Gasteiger partial charge on any atom is 0.147 e. The number of hydrogen-bond acceptors (Lipinski definition) is 1. The molecule has 1 radical (unpaired) electrons. The van der Waals surface area contributed by atoms with Crippen LogP contribution in [0.5, 0.6) is 0 Å². The Hall–Kier alpha value is -1.05. The monoisotopic (exact) mass is 149 g/mol. The molecule has 1 heterocycles. The van der Waals surface area contributed by atoms with E-state index in [0.717, 1.165) is 18.8 Å². The molecule has 0 amide bonds. The highest BCUT2D eigenvalue weighted by Crippen LogP contribution is 1.92. The molecule has 59 valence electrons. The van der Waals surface area contributed by atoms with Crippen molar-refractivity contribution in [3.8, 4) is 0 Å². The van der Waals surface area contributed by atoms with Crippen LogP contribution < -0.4 is 5.32 Å². The first kappa shape index (κ1) is 8.05. The molecule has 0 bridgehead atoms. The van der Waals surface area contributed by atoms with E-state index in [1.807, 2.05) is 18.2 Å². The molecular weight excluding hydrogens is 136 g/mol. The molecule has 0 aromatic heterocycles. The van der Waals surface area contributed by atoms with Gasteiger partial charge in [-0.3, -0.25) is 4.99 Å². The van der Waals surface area contributed by atoms with Crippen LogP contribution in [-0.4, -0.2) is 12.4 Å². The van der Waals surface area contributed by atoms with E-state index < -0.39 is 0 Å². The first-order valence-electron chi connectivity index (χ1n) is 4.02. The van der Waals surface area contributed by atoms with Gasteiger partial charge in [-0.2, -0.15) is 0 Å². The lowest BCUT2D eigenvalue weighted by atomic mass is 10.3. The maximum absolute atomic E-state index is 4.28. The summed E-state index contributed by atoms with van der Waals surface area (Å²) in [7, 11) is 0. The Bertz CT molecular complexity index is 190. The highest BCUT2D eigenvalue weighted by molar-refractivity contribution is 5.94. The highest BCUT2D eigenvalue weighted by Gasteiger charge is 1.93. The number of nitrogens with zero attached hydrogens (tertiary/aromatic N) is 2. The summed E-state index contributed by atoms with van der Waals surface area (Å²) in [6.45, 7) is 3.06. The van der Waals surface area contributed by atoms with Gasteiger partial charge in [0, 0.05) is 12.7 Å². The number of aliphatic imine (C=N–C) groups is 1. The maximum atomic E-state index is 4.28. The summed E-state index contributed by atoms with van der Waals surface area (Å²) in [5.74, 6) is 0.848. The van der Waals surface area contributed by atoms with Crippen molar-refractivity contribution in [3.63, 3.8) is 0 Å². The fourth-order valence-electron chi connectivity index (χ4n) is 0.799. The fraction of sp³-hybridized carbons (Fsp3) is 0.444. The Kier molecular flexibility index (Phi) is 3.45. The lowest BCUT2D eigenvalue weighted by molar-refractivity contribution is 0.805. The number of allylic oxidation sites excluding steroid dienone is 2. The lowest BCUT2D eigenvalue weighted by Gasteiger charge is -2.00. The number of rotatable bonds is 3. The van der Waals surface area contributed by atoms with Gasteiger partial charge in [0.25, 0.3) is 0 Å². The molecule has 0 N–H and O–H groups in total. The van der Waals surface area contributed by atoms with E-state index in [2.05, 4.69) is 17.2 Å². The fourth-order valence-corrected chi connectivity index (χ4v) is 0.799. The molecule has 0 saturated heterocycles. The Morgan fingerprint density at radius 1 is 1.45 bits per heavy atom. The average molecular weight is 149 g/mol. The summed E-state index contributed by atoms with van der Waals surface area (Å²) in [4.78, 5) is 4.28. The van der Waals surface area contributed by atoms with E-state index in [0.29, 0.717) is 0 Å². The first-order valence-corrected chi connectivity index (χ1v) is 4.02. The zero-order valence-electron chi connectivity index (χ0n) is 6.83. The van der Waals surface area contributed by atoms with Gasteiger partial charge in [0.15, 0.2) is 0 Å². The van der Waals surface area contributed by atoms with Crippen LogP contribution in [0.1, 0.15) is 19.8 Å². The Balaban J connectivity index is 2.29. The van der Waals surface area contributed by atoms with E-state index in [1.54, 1.807) is 6.20 Å². The van der Waals surface area contributed by atoms with E-state index in [4.69, 9.17) is 0 Å². The van der Waals surface area contributed by atoms with Gasteiger partial charge in [0.05, 0.1) is 0 Å². The highest BCUT2D eigenvalue weighted by atomic mass is 15.0. The van der Waals surface area contributed by atoms with Crippen LogP contribution >= 0.6 is 0 Å². The molecule has 0 fully saturated rings. The van der Waals surface area contributed by atoms with Crippen LogP contribution in [0.3, 0.4) is 0 Å². The molecule has 2 heteroatoms. The third-order valence-corrected chi connectivity index (χ3v) is 1.43. The predicted octanol–water partition coefficient (Wildman–Crippen LogP) is 1.87. The lowest BCUT2D eigenvalue weighted by Crippen LogP contribution is -2.09. The second kappa shape index (κ2) is 4.72. The van der Waals surface area contributed by atoms with Crippen LogP contribution in [0.15, 0.2) is 29.4 Å². The molecule has 0 aromatic carbocycles. The van der Waals surface area contributed by atoms with Crippen molar-refractivity contribution in [2.75, 3.05) is 6.54 Å². The van der Waals surface area contributed by atoms with Gasteiger partial charge >= 0.3 is 0 Å². The van der Waals surface area contributed by atoms with Crippen molar-refractivity contribution in [3.05, 3.63) is 24.4 Å². The molecule has 0 atom stereocenters. The summed E-state index contributed by atoms with van der Waals surface area (Å²) < 4.78 is 0. The quantitative estimate of drug-likeness (QED) is 0.548. The minimum Gasteiger partial charge on any atom is -0.267 e. The topological polar surface area (TPSA) is 26.5 Å².